The third-order valence-corrected chi connectivity index (χ3v) is 35.5. The summed E-state index contributed by atoms with van der Waals surface area (Å²) in [5.74, 6) is 12.1. The maximum Gasteiger partial charge on any atom is 0.0411 e. The number of rotatable bonds is 4. The SMILES string of the molecule is CC1C(C)C2c3c(sc4ccccc34)C=CC2C1c1cccc2c1NCCC2.CC1CCc2cccc(C3C(C)C(C)C4c5c(sc6ccccc56)C=CC34)c2N1.CC1CCc2cccc(C3C(C)CC4c5c(sc6ccccc56)C=CC43)c2N1.CC1Cc2cccc(C3C(C)C(C)C4c5c(sc6ccccc56)C=CC34)c2N1. The Morgan fingerprint density at radius 3 is 1.07 bits per heavy atom. The minimum Gasteiger partial charge on any atom is -0.385 e. The molecule has 12 aromatic rings. The molecule has 8 heteroatoms. The zero-order chi connectivity index (χ0) is 76.3. The Bertz CT molecular complexity index is 5830. The van der Waals surface area contributed by atoms with Crippen molar-refractivity contribution >= 4 is 133 Å². The second-order valence-electron chi connectivity index (χ2n) is 36.9. The third kappa shape index (κ3) is 11.9. The van der Waals surface area contributed by atoms with Crippen LogP contribution in [0.4, 0.5) is 22.7 Å². The van der Waals surface area contributed by atoms with Gasteiger partial charge in [-0.05, 0) is 321 Å². The van der Waals surface area contributed by atoms with Crippen LogP contribution in [0.3, 0.4) is 0 Å². The number of hydrogen-bond donors (Lipinski definition) is 4. The number of fused-ring (bicyclic) bond motifs is 24. The molecule has 8 aliphatic carbocycles. The van der Waals surface area contributed by atoms with Crippen LogP contribution in [0.2, 0.25) is 0 Å². The van der Waals surface area contributed by atoms with Gasteiger partial charge in [0.2, 0.25) is 0 Å². The molecule has 4 aliphatic heterocycles. The summed E-state index contributed by atoms with van der Waals surface area (Å²) >= 11 is 7.89. The number of nitrogens with one attached hydrogen (secondary N) is 4. The van der Waals surface area contributed by atoms with E-state index in [2.05, 4.69) is 309 Å². The topological polar surface area (TPSA) is 48.1 Å². The Labute approximate surface area is 686 Å². The van der Waals surface area contributed by atoms with E-state index in [1.165, 1.54) is 150 Å². The van der Waals surface area contributed by atoms with Gasteiger partial charge in [0.15, 0.2) is 0 Å². The molecule has 8 aromatic carbocycles. The zero-order valence-electron chi connectivity index (χ0n) is 67.5. The van der Waals surface area contributed by atoms with Crippen molar-refractivity contribution in [2.45, 2.75) is 186 Å². The van der Waals surface area contributed by atoms with E-state index in [0.717, 1.165) is 13.0 Å². The number of hydrogen-bond acceptors (Lipinski definition) is 8. The van der Waals surface area contributed by atoms with Crippen LogP contribution >= 0.6 is 45.3 Å². The number of aryl methyl sites for hydroxylation is 3. The molecule has 22 unspecified atom stereocenters. The van der Waals surface area contributed by atoms with Crippen LogP contribution < -0.4 is 21.3 Å². The highest BCUT2D eigenvalue weighted by Gasteiger charge is 2.54. The van der Waals surface area contributed by atoms with Gasteiger partial charge < -0.3 is 21.3 Å². The van der Waals surface area contributed by atoms with E-state index >= 15 is 0 Å². The molecule has 0 bridgehead atoms. The minimum atomic E-state index is 0.551. The lowest BCUT2D eigenvalue weighted by molar-refractivity contribution is 0.403. The van der Waals surface area contributed by atoms with Crippen LogP contribution in [0.1, 0.15) is 229 Å². The van der Waals surface area contributed by atoms with E-state index in [1.807, 2.05) is 45.3 Å². The van der Waals surface area contributed by atoms with Crippen molar-refractivity contribution in [1.29, 1.82) is 0 Å². The average Bonchev–Trinajstić information content (AvgIpc) is 1.57. The van der Waals surface area contributed by atoms with Gasteiger partial charge in [-0.1, -0.05) is 218 Å². The summed E-state index contributed by atoms with van der Waals surface area (Å²) in [6, 6.07) is 65.9. The first-order valence-corrected chi connectivity index (χ1v) is 46.8. The van der Waals surface area contributed by atoms with Gasteiger partial charge in [0.1, 0.15) is 0 Å². The molecule has 0 amide bonds. The Morgan fingerprint density at radius 1 is 0.301 bits per heavy atom. The Morgan fingerprint density at radius 2 is 0.637 bits per heavy atom. The number of anilines is 4. The van der Waals surface area contributed by atoms with Crippen LogP contribution in [-0.4, -0.2) is 24.7 Å². The average molecular weight is 1560 g/mol. The molecule has 4 saturated carbocycles. The lowest BCUT2D eigenvalue weighted by atomic mass is 9.75. The van der Waals surface area contributed by atoms with Gasteiger partial charge in [-0.3, -0.25) is 0 Å². The van der Waals surface area contributed by atoms with Crippen LogP contribution in [0.25, 0.3) is 64.6 Å². The first kappa shape index (κ1) is 72.5. The largest absolute Gasteiger partial charge is 0.385 e. The van der Waals surface area contributed by atoms with Gasteiger partial charge in [-0.15, -0.1) is 45.3 Å². The van der Waals surface area contributed by atoms with E-state index in [-0.39, 0.29) is 0 Å². The molecule has 0 saturated heterocycles. The predicted octanol–water partition coefficient (Wildman–Crippen LogP) is 28.8. The molecule has 24 rings (SSSR count). The van der Waals surface area contributed by atoms with Gasteiger partial charge in [-0.25, -0.2) is 0 Å². The van der Waals surface area contributed by atoms with Crippen molar-refractivity contribution < 1.29 is 0 Å². The van der Waals surface area contributed by atoms with Crippen molar-refractivity contribution in [3.8, 4) is 0 Å². The maximum atomic E-state index is 3.86. The molecule has 4 N–H and O–H groups in total. The molecule has 113 heavy (non-hydrogen) atoms. The normalized spacial score (nSPS) is 31.6. The van der Waals surface area contributed by atoms with Crippen molar-refractivity contribution in [2.75, 3.05) is 27.8 Å². The molecule has 4 fully saturated rings. The van der Waals surface area contributed by atoms with Crippen molar-refractivity contribution in [3.05, 3.63) is 280 Å². The lowest BCUT2D eigenvalue weighted by Crippen LogP contribution is -2.25. The van der Waals surface area contributed by atoms with E-state index in [9.17, 15) is 0 Å². The molecule has 4 aromatic heterocycles. The number of allylic oxidation sites excluding steroid dienone is 4. The number of thiophene rings is 4. The van der Waals surface area contributed by atoms with Gasteiger partial charge in [0, 0.05) is 85.7 Å². The second-order valence-corrected chi connectivity index (χ2v) is 41.2. The van der Waals surface area contributed by atoms with E-state index in [1.54, 1.807) is 44.5 Å². The number of benzene rings is 8. The molecule has 8 heterocycles. The zero-order valence-corrected chi connectivity index (χ0v) is 70.7. The van der Waals surface area contributed by atoms with Crippen LogP contribution in [0.15, 0.2) is 194 Å². The van der Waals surface area contributed by atoms with Crippen molar-refractivity contribution in [1.82, 2.24) is 0 Å². The van der Waals surface area contributed by atoms with Gasteiger partial charge >= 0.3 is 0 Å². The quantitative estimate of drug-likeness (QED) is 0.142. The molecular formula is C105H110N4S4. The lowest BCUT2D eigenvalue weighted by Gasteiger charge is -2.32. The highest BCUT2D eigenvalue weighted by atomic mass is 32.1. The van der Waals surface area contributed by atoms with Crippen molar-refractivity contribution in [3.63, 3.8) is 0 Å². The van der Waals surface area contributed by atoms with Crippen LogP contribution in [0, 0.1) is 65.1 Å². The fourth-order valence-electron chi connectivity index (χ4n) is 25.4. The summed E-state index contributed by atoms with van der Waals surface area (Å²) in [4.78, 5) is 5.98. The van der Waals surface area contributed by atoms with E-state index in [4.69, 9.17) is 0 Å². The summed E-state index contributed by atoms with van der Waals surface area (Å²) in [6.07, 6.45) is 29.7. The van der Waals surface area contributed by atoms with Gasteiger partial charge in [0.25, 0.3) is 0 Å². The fraction of sp³-hybridized carbons (Fsp3) is 0.390. The molecule has 0 radical (unpaired) electrons. The summed E-state index contributed by atoms with van der Waals surface area (Å²) in [7, 11) is 0. The van der Waals surface area contributed by atoms with Gasteiger partial charge in [-0.2, -0.15) is 0 Å². The van der Waals surface area contributed by atoms with E-state index < -0.39 is 0 Å². The second kappa shape index (κ2) is 28.9. The Kier molecular flexibility index (Phi) is 18.5. The van der Waals surface area contributed by atoms with Gasteiger partial charge in [0.05, 0.1) is 0 Å². The smallest absolute Gasteiger partial charge is 0.0411 e. The number of para-hydroxylation sites is 4. The molecule has 12 aliphatic rings. The Balaban J connectivity index is 0.0000000949. The van der Waals surface area contributed by atoms with E-state index in [0.29, 0.717) is 131 Å². The summed E-state index contributed by atoms with van der Waals surface area (Å²) in [5.41, 5.74) is 24.6. The maximum absolute atomic E-state index is 3.86. The first-order chi connectivity index (χ1) is 55.2. The van der Waals surface area contributed by atoms with Crippen LogP contribution in [-0.2, 0) is 25.7 Å². The molecular weight excluding hydrogens is 1450 g/mol. The molecule has 22 atom stereocenters. The Hall–Kier alpha value is -8.24. The summed E-state index contributed by atoms with van der Waals surface area (Å²) in [5, 5.41) is 21.2. The minimum absolute atomic E-state index is 0.551. The fourth-order valence-corrected chi connectivity index (χ4v) is 30.1. The standard InChI is InChI=1S/C27H29NS.3C26H27NS/c1-15-11-12-18-7-6-9-21(27(18)28-15)24-16(2)17(3)25-20(24)13-14-23-26(25)19-8-4-5-10-22(19)29-23;1-14-13-17-7-6-9-20(26(17)27-14)23-15(2)16(3)24-19(23)11-12-22-25(24)18-8-4-5-10-21(18)28-22;1-15-16(2)24-19(12-13-22-25(24)18-9-3-4-11-21(18)28-22)23(15)20-10-5-7-17-8-6-14-27-26(17)20;1-15-14-21-18(12-13-23-25(21)19-7-3-4-9-22(19)28-23)24(15)20-8-5-6-17-11-10-16(2)27-26(17)20/h4-10,13-17,20,24-25,28H,11-12H2,1-3H3;4-12,14-16,19,23-24,27H,13H2,1-3H3;3-5,7,9-13,15-16,19,23-24,27H,6,8,14H2,1-2H3;3-9,12-13,15-16,18,21,24,27H,10-11,14H2,1-2H3. The monoisotopic (exact) mass is 1550 g/mol. The third-order valence-electron chi connectivity index (χ3n) is 30.9. The summed E-state index contributed by atoms with van der Waals surface area (Å²) in [6.45, 7) is 25.5. The molecule has 0 spiro atoms. The highest BCUT2D eigenvalue weighted by Crippen LogP contribution is 2.66. The summed E-state index contributed by atoms with van der Waals surface area (Å²) < 4.78 is 5.78. The first-order valence-electron chi connectivity index (χ1n) is 43.5. The van der Waals surface area contributed by atoms with Crippen molar-refractivity contribution in [2.24, 2.45) is 65.1 Å². The predicted molar refractivity (Wildman–Crippen MR) is 490 cm³/mol. The molecule has 574 valence electrons. The highest BCUT2D eigenvalue weighted by molar-refractivity contribution is 7.21. The van der Waals surface area contributed by atoms with Crippen LogP contribution in [0.5, 0.6) is 0 Å². The molecule has 4 nitrogen and oxygen atoms in total.